The number of para-hydroxylation sites is 1. The van der Waals surface area contributed by atoms with Gasteiger partial charge >= 0.3 is 0 Å². The third-order valence-corrected chi connectivity index (χ3v) is 4.93. The second kappa shape index (κ2) is 6.26. The number of hydrogen-bond acceptors (Lipinski definition) is 3. The number of thiophene rings is 1. The zero-order valence-electron chi connectivity index (χ0n) is 12.8. The van der Waals surface area contributed by atoms with Gasteiger partial charge in [-0.1, -0.05) is 36.4 Å². The van der Waals surface area contributed by atoms with E-state index < -0.39 is 0 Å². The lowest BCUT2D eigenvalue weighted by molar-refractivity contribution is 0.103. The van der Waals surface area contributed by atoms with Crippen molar-refractivity contribution in [2.45, 2.75) is 0 Å². The summed E-state index contributed by atoms with van der Waals surface area (Å²) >= 11 is 1.50. The topological polar surface area (TPSA) is 42.0 Å². The van der Waals surface area contributed by atoms with Gasteiger partial charge in [0, 0.05) is 28.3 Å². The molecule has 0 fully saturated rings. The first kappa shape index (κ1) is 14.6. The minimum absolute atomic E-state index is 0.0855. The third-order valence-electron chi connectivity index (χ3n) is 3.82. The number of benzene rings is 2. The molecule has 0 bridgehead atoms. The van der Waals surface area contributed by atoms with Crippen LogP contribution in [-0.4, -0.2) is 10.9 Å². The third kappa shape index (κ3) is 2.79. The maximum atomic E-state index is 12.7. The van der Waals surface area contributed by atoms with Crippen molar-refractivity contribution in [3.63, 3.8) is 0 Å². The lowest BCUT2D eigenvalue weighted by Crippen LogP contribution is -2.10. The van der Waals surface area contributed by atoms with Crippen molar-refractivity contribution in [2.75, 3.05) is 5.32 Å². The van der Waals surface area contributed by atoms with Crippen LogP contribution in [0.15, 0.2) is 79.1 Å². The average Bonchev–Trinajstić information content (AvgIpc) is 3.07. The zero-order chi connectivity index (χ0) is 16.4. The number of nitrogens with one attached hydrogen (secondary N) is 1. The number of fused-ring (bicyclic) bond motifs is 1. The van der Waals surface area contributed by atoms with Gasteiger partial charge in [0.1, 0.15) is 0 Å². The zero-order valence-corrected chi connectivity index (χ0v) is 13.6. The number of carbonyl (C=O) groups is 1. The largest absolute Gasteiger partial charge is 0.321 e. The minimum Gasteiger partial charge on any atom is -0.321 e. The SMILES string of the molecule is O=C(Nc1ccccc1-c1ccncc1)c1cc2ccccc2s1. The Labute approximate surface area is 143 Å². The Morgan fingerprint density at radius 3 is 2.50 bits per heavy atom. The quantitative estimate of drug-likeness (QED) is 0.560. The highest BCUT2D eigenvalue weighted by Crippen LogP contribution is 2.29. The van der Waals surface area contributed by atoms with Crippen molar-refractivity contribution in [3.8, 4) is 11.1 Å². The van der Waals surface area contributed by atoms with Crippen LogP contribution in [0, 0.1) is 0 Å². The van der Waals surface area contributed by atoms with Crippen molar-refractivity contribution < 1.29 is 4.79 Å². The van der Waals surface area contributed by atoms with Gasteiger partial charge in [0.15, 0.2) is 0 Å². The van der Waals surface area contributed by atoms with Crippen molar-refractivity contribution >= 4 is 33.0 Å². The number of pyridine rings is 1. The monoisotopic (exact) mass is 330 g/mol. The van der Waals surface area contributed by atoms with E-state index in [0.717, 1.165) is 26.9 Å². The summed E-state index contributed by atoms with van der Waals surface area (Å²) in [4.78, 5) is 17.4. The van der Waals surface area contributed by atoms with E-state index >= 15 is 0 Å². The molecule has 2 heterocycles. The van der Waals surface area contributed by atoms with Crippen LogP contribution in [0.1, 0.15) is 9.67 Å². The molecule has 24 heavy (non-hydrogen) atoms. The van der Waals surface area contributed by atoms with Gasteiger partial charge in [-0.05, 0) is 41.3 Å². The maximum absolute atomic E-state index is 12.7. The van der Waals surface area contributed by atoms with E-state index in [9.17, 15) is 4.79 Å². The Morgan fingerprint density at radius 1 is 0.917 bits per heavy atom. The lowest BCUT2D eigenvalue weighted by atomic mass is 10.1. The number of rotatable bonds is 3. The molecule has 1 N–H and O–H groups in total. The molecule has 0 spiro atoms. The van der Waals surface area contributed by atoms with Crippen molar-refractivity contribution in [1.82, 2.24) is 4.98 Å². The molecule has 0 atom stereocenters. The molecule has 0 unspecified atom stereocenters. The van der Waals surface area contributed by atoms with Crippen LogP contribution in [0.4, 0.5) is 5.69 Å². The van der Waals surface area contributed by atoms with Gasteiger partial charge in [0.2, 0.25) is 0 Å². The number of hydrogen-bond donors (Lipinski definition) is 1. The smallest absolute Gasteiger partial charge is 0.265 e. The van der Waals surface area contributed by atoms with Gasteiger partial charge in [-0.3, -0.25) is 9.78 Å². The molecule has 2 aromatic heterocycles. The van der Waals surface area contributed by atoms with Gasteiger partial charge in [-0.25, -0.2) is 0 Å². The van der Waals surface area contributed by atoms with Gasteiger partial charge in [-0.15, -0.1) is 11.3 Å². The first-order valence-electron chi connectivity index (χ1n) is 7.60. The van der Waals surface area contributed by atoms with E-state index in [0.29, 0.717) is 4.88 Å². The highest BCUT2D eigenvalue weighted by molar-refractivity contribution is 7.20. The fourth-order valence-corrected chi connectivity index (χ4v) is 3.61. The van der Waals surface area contributed by atoms with Crippen LogP contribution in [0.2, 0.25) is 0 Å². The minimum atomic E-state index is -0.0855. The van der Waals surface area contributed by atoms with Crippen LogP contribution in [0.25, 0.3) is 21.2 Å². The number of carbonyl (C=O) groups excluding carboxylic acids is 1. The molecule has 0 aliphatic carbocycles. The Bertz CT molecular complexity index is 975. The normalized spacial score (nSPS) is 10.7. The number of nitrogens with zero attached hydrogens (tertiary/aromatic N) is 1. The molecule has 0 saturated heterocycles. The molecule has 3 nitrogen and oxygen atoms in total. The summed E-state index contributed by atoms with van der Waals surface area (Å²) in [6.07, 6.45) is 3.50. The van der Waals surface area contributed by atoms with Crippen LogP contribution in [0.3, 0.4) is 0 Å². The molecule has 0 saturated carbocycles. The molecule has 4 aromatic rings. The van der Waals surface area contributed by atoms with E-state index in [1.807, 2.05) is 66.7 Å². The standard InChI is InChI=1S/C20H14N2OS/c23-20(19-13-15-5-1-4-8-18(15)24-19)22-17-7-3-2-6-16(17)14-9-11-21-12-10-14/h1-13H,(H,22,23). The van der Waals surface area contributed by atoms with Crippen LogP contribution in [0.5, 0.6) is 0 Å². The van der Waals surface area contributed by atoms with Gasteiger partial charge in [0.25, 0.3) is 5.91 Å². The summed E-state index contributed by atoms with van der Waals surface area (Å²) in [6.45, 7) is 0. The molecule has 4 rings (SSSR count). The average molecular weight is 330 g/mol. The summed E-state index contributed by atoms with van der Waals surface area (Å²) in [7, 11) is 0. The van der Waals surface area contributed by atoms with Crippen molar-refractivity contribution in [2.24, 2.45) is 0 Å². The number of amides is 1. The van der Waals surface area contributed by atoms with E-state index in [2.05, 4.69) is 10.3 Å². The number of anilines is 1. The summed E-state index contributed by atoms with van der Waals surface area (Å²) < 4.78 is 1.12. The molecule has 0 aliphatic heterocycles. The molecular weight excluding hydrogens is 316 g/mol. The van der Waals surface area contributed by atoms with Crippen LogP contribution < -0.4 is 5.32 Å². The molecular formula is C20H14N2OS. The maximum Gasteiger partial charge on any atom is 0.265 e. The first-order valence-corrected chi connectivity index (χ1v) is 8.42. The highest BCUT2D eigenvalue weighted by Gasteiger charge is 2.12. The van der Waals surface area contributed by atoms with Crippen molar-refractivity contribution in [3.05, 3.63) is 84.0 Å². The fourth-order valence-electron chi connectivity index (χ4n) is 2.65. The molecule has 116 valence electrons. The van der Waals surface area contributed by atoms with Gasteiger partial charge in [-0.2, -0.15) is 0 Å². The lowest BCUT2D eigenvalue weighted by Gasteiger charge is -2.10. The molecule has 4 heteroatoms. The Hall–Kier alpha value is -2.98. The molecule has 2 aromatic carbocycles. The van der Waals surface area contributed by atoms with Crippen molar-refractivity contribution in [1.29, 1.82) is 0 Å². The van der Waals surface area contributed by atoms with Crippen LogP contribution >= 0.6 is 11.3 Å². The first-order chi connectivity index (χ1) is 11.8. The van der Waals surface area contributed by atoms with Crippen LogP contribution in [-0.2, 0) is 0 Å². The van der Waals surface area contributed by atoms with E-state index in [1.165, 1.54) is 11.3 Å². The Balaban J connectivity index is 1.67. The fraction of sp³-hybridized carbons (Fsp3) is 0. The summed E-state index contributed by atoms with van der Waals surface area (Å²) in [5, 5.41) is 4.13. The van der Waals surface area contributed by atoms with E-state index in [4.69, 9.17) is 0 Å². The second-order valence-corrected chi connectivity index (χ2v) is 6.47. The molecule has 0 radical (unpaired) electrons. The Kier molecular flexibility index (Phi) is 3.81. The summed E-state index contributed by atoms with van der Waals surface area (Å²) in [5.74, 6) is -0.0855. The predicted octanol–water partition coefficient (Wildman–Crippen LogP) is 5.22. The molecule has 0 aliphatic rings. The summed E-state index contributed by atoms with van der Waals surface area (Å²) in [5.41, 5.74) is 2.80. The summed E-state index contributed by atoms with van der Waals surface area (Å²) in [6, 6.07) is 21.6. The van der Waals surface area contributed by atoms with E-state index in [-0.39, 0.29) is 5.91 Å². The van der Waals surface area contributed by atoms with E-state index in [1.54, 1.807) is 12.4 Å². The predicted molar refractivity (Wildman–Crippen MR) is 99.5 cm³/mol. The highest BCUT2D eigenvalue weighted by atomic mass is 32.1. The van der Waals surface area contributed by atoms with Gasteiger partial charge in [0.05, 0.1) is 4.88 Å². The number of aromatic nitrogens is 1. The Morgan fingerprint density at radius 2 is 1.67 bits per heavy atom. The second-order valence-electron chi connectivity index (χ2n) is 5.38. The van der Waals surface area contributed by atoms with Gasteiger partial charge < -0.3 is 5.32 Å². The molecule has 1 amide bonds.